The van der Waals surface area contributed by atoms with Crippen LogP contribution in [-0.2, 0) is 0 Å². The van der Waals surface area contributed by atoms with Gasteiger partial charge in [-0.3, -0.25) is 4.79 Å². The highest BCUT2D eigenvalue weighted by molar-refractivity contribution is 7.08. The van der Waals surface area contributed by atoms with Crippen molar-refractivity contribution in [3.8, 4) is 0 Å². The van der Waals surface area contributed by atoms with Crippen molar-refractivity contribution in [2.24, 2.45) is 5.73 Å². The summed E-state index contributed by atoms with van der Waals surface area (Å²) in [5, 5.41) is 6.75. The summed E-state index contributed by atoms with van der Waals surface area (Å²) in [5.41, 5.74) is 6.90. The summed E-state index contributed by atoms with van der Waals surface area (Å²) in [4.78, 5) is 11.8. The molecule has 1 aromatic rings. The maximum atomic E-state index is 11.8. The molecule has 1 aliphatic carbocycles. The minimum atomic E-state index is -0.192. The van der Waals surface area contributed by atoms with E-state index in [-0.39, 0.29) is 11.4 Å². The van der Waals surface area contributed by atoms with Crippen molar-refractivity contribution >= 4 is 17.2 Å². The largest absolute Gasteiger partial charge is 0.350 e. The molecule has 3 nitrogen and oxygen atoms in total. The van der Waals surface area contributed by atoms with Crippen LogP contribution in [-0.4, -0.2) is 18.0 Å². The first kappa shape index (κ1) is 12.6. The van der Waals surface area contributed by atoms with Crippen LogP contribution in [0.4, 0.5) is 0 Å². The Hall–Kier alpha value is -0.870. The topological polar surface area (TPSA) is 55.1 Å². The van der Waals surface area contributed by atoms with E-state index in [1.165, 1.54) is 37.0 Å². The zero-order chi connectivity index (χ0) is 12.1. The second kappa shape index (κ2) is 5.65. The van der Waals surface area contributed by atoms with Crippen molar-refractivity contribution in [3.63, 3.8) is 0 Å². The number of nitrogens with one attached hydrogen (secondary N) is 1. The molecule has 1 aliphatic rings. The fraction of sp³-hybridized carbons (Fsp3) is 0.615. The van der Waals surface area contributed by atoms with E-state index in [0.717, 1.165) is 18.4 Å². The van der Waals surface area contributed by atoms with Gasteiger partial charge < -0.3 is 11.1 Å². The molecular weight excluding hydrogens is 232 g/mol. The van der Waals surface area contributed by atoms with Gasteiger partial charge in [0.05, 0.1) is 0 Å². The number of carbonyl (C=O) groups excluding carboxylic acids is 1. The van der Waals surface area contributed by atoms with E-state index in [1.54, 1.807) is 0 Å². The first-order chi connectivity index (χ1) is 8.20. The molecule has 1 aromatic heterocycles. The maximum Gasteiger partial charge on any atom is 0.252 e. The third kappa shape index (κ3) is 3.54. The molecule has 4 heteroatoms. The molecule has 0 radical (unpaired) electrons. The van der Waals surface area contributed by atoms with Crippen LogP contribution in [0.15, 0.2) is 16.8 Å². The average molecular weight is 252 g/mol. The van der Waals surface area contributed by atoms with E-state index >= 15 is 0 Å². The first-order valence-electron chi connectivity index (χ1n) is 6.29. The summed E-state index contributed by atoms with van der Waals surface area (Å²) in [5.74, 6) is 0.000298. The predicted molar refractivity (Wildman–Crippen MR) is 71.3 cm³/mol. The SMILES string of the molecule is NC1(CNC(=O)c2ccsc2)CCCCCC1. The number of hydrogen-bond acceptors (Lipinski definition) is 3. The Kier molecular flexibility index (Phi) is 4.18. The summed E-state index contributed by atoms with van der Waals surface area (Å²) < 4.78 is 0. The molecular formula is C13H20N2OS. The number of nitrogens with two attached hydrogens (primary N) is 1. The van der Waals surface area contributed by atoms with Crippen molar-refractivity contribution in [3.05, 3.63) is 22.4 Å². The van der Waals surface area contributed by atoms with Crippen LogP contribution < -0.4 is 11.1 Å². The molecule has 2 rings (SSSR count). The fourth-order valence-corrected chi connectivity index (χ4v) is 3.00. The van der Waals surface area contributed by atoms with Gasteiger partial charge >= 0.3 is 0 Å². The Morgan fingerprint density at radius 2 is 2.06 bits per heavy atom. The number of amides is 1. The van der Waals surface area contributed by atoms with E-state index in [9.17, 15) is 4.79 Å². The standard InChI is InChI=1S/C13H20N2OS/c14-13(6-3-1-2-4-7-13)10-15-12(16)11-5-8-17-9-11/h5,8-9H,1-4,6-7,10,14H2,(H,15,16). The van der Waals surface area contributed by atoms with Gasteiger partial charge in [0.1, 0.15) is 0 Å². The minimum absolute atomic E-state index is 0.000298. The van der Waals surface area contributed by atoms with E-state index in [4.69, 9.17) is 5.73 Å². The highest BCUT2D eigenvalue weighted by Gasteiger charge is 2.26. The zero-order valence-corrected chi connectivity index (χ0v) is 10.9. The van der Waals surface area contributed by atoms with Crippen LogP contribution in [0.3, 0.4) is 0 Å². The lowest BCUT2D eigenvalue weighted by Gasteiger charge is -2.28. The van der Waals surface area contributed by atoms with Crippen LogP contribution in [0.1, 0.15) is 48.9 Å². The van der Waals surface area contributed by atoms with Gasteiger partial charge in [-0.25, -0.2) is 0 Å². The summed E-state index contributed by atoms with van der Waals surface area (Å²) in [6.07, 6.45) is 6.97. The molecule has 0 atom stereocenters. The molecule has 94 valence electrons. The van der Waals surface area contributed by atoms with Crippen LogP contribution in [0.25, 0.3) is 0 Å². The minimum Gasteiger partial charge on any atom is -0.350 e. The molecule has 0 aromatic carbocycles. The number of carbonyl (C=O) groups is 1. The van der Waals surface area contributed by atoms with Gasteiger partial charge in [0.2, 0.25) is 0 Å². The molecule has 1 amide bonds. The highest BCUT2D eigenvalue weighted by Crippen LogP contribution is 2.24. The first-order valence-corrected chi connectivity index (χ1v) is 7.23. The van der Waals surface area contributed by atoms with Gasteiger partial charge in [-0.15, -0.1) is 0 Å². The average Bonchev–Trinajstić information content (AvgIpc) is 2.77. The molecule has 0 spiro atoms. The van der Waals surface area contributed by atoms with Gasteiger partial charge in [0, 0.05) is 23.0 Å². The molecule has 0 saturated heterocycles. The summed E-state index contributed by atoms with van der Waals surface area (Å²) in [6.45, 7) is 0.599. The van der Waals surface area contributed by atoms with Crippen molar-refractivity contribution in [2.75, 3.05) is 6.54 Å². The number of thiophene rings is 1. The van der Waals surface area contributed by atoms with Crippen molar-refractivity contribution in [1.82, 2.24) is 5.32 Å². The Morgan fingerprint density at radius 1 is 1.35 bits per heavy atom. The van der Waals surface area contributed by atoms with E-state index in [0.29, 0.717) is 6.54 Å². The summed E-state index contributed by atoms with van der Waals surface area (Å²) in [6, 6.07) is 1.84. The van der Waals surface area contributed by atoms with Crippen molar-refractivity contribution in [1.29, 1.82) is 0 Å². The predicted octanol–water partition coefficient (Wildman–Crippen LogP) is 2.53. The van der Waals surface area contributed by atoms with Crippen LogP contribution >= 0.6 is 11.3 Å². The molecule has 1 saturated carbocycles. The van der Waals surface area contributed by atoms with E-state index in [1.807, 2.05) is 16.8 Å². The second-order valence-electron chi connectivity index (χ2n) is 4.97. The monoisotopic (exact) mass is 252 g/mol. The normalized spacial score (nSPS) is 19.6. The van der Waals surface area contributed by atoms with E-state index < -0.39 is 0 Å². The lowest BCUT2D eigenvalue weighted by Crippen LogP contribution is -2.49. The molecule has 17 heavy (non-hydrogen) atoms. The Labute approximate surface area is 106 Å². The molecule has 0 aliphatic heterocycles. The Bertz CT molecular complexity index is 354. The third-order valence-corrected chi connectivity index (χ3v) is 4.17. The number of rotatable bonds is 3. The molecule has 1 fully saturated rings. The van der Waals surface area contributed by atoms with E-state index in [2.05, 4.69) is 5.32 Å². The maximum absolute atomic E-state index is 11.8. The van der Waals surface area contributed by atoms with Gasteiger partial charge in [-0.05, 0) is 24.3 Å². The molecule has 0 unspecified atom stereocenters. The van der Waals surface area contributed by atoms with Crippen LogP contribution in [0, 0.1) is 0 Å². The Balaban J connectivity index is 1.86. The van der Waals surface area contributed by atoms with Crippen molar-refractivity contribution in [2.45, 2.75) is 44.1 Å². The van der Waals surface area contributed by atoms with Gasteiger partial charge in [0.15, 0.2) is 0 Å². The number of hydrogen-bond donors (Lipinski definition) is 2. The van der Waals surface area contributed by atoms with Gasteiger partial charge in [0.25, 0.3) is 5.91 Å². The third-order valence-electron chi connectivity index (χ3n) is 3.48. The zero-order valence-electron chi connectivity index (χ0n) is 10.1. The smallest absolute Gasteiger partial charge is 0.252 e. The molecule has 1 heterocycles. The van der Waals surface area contributed by atoms with Crippen molar-refractivity contribution < 1.29 is 4.79 Å². The highest BCUT2D eigenvalue weighted by atomic mass is 32.1. The molecule has 0 bridgehead atoms. The lowest BCUT2D eigenvalue weighted by atomic mass is 9.91. The van der Waals surface area contributed by atoms with Crippen LogP contribution in [0.5, 0.6) is 0 Å². The fourth-order valence-electron chi connectivity index (χ4n) is 2.36. The quantitative estimate of drug-likeness (QED) is 0.812. The second-order valence-corrected chi connectivity index (χ2v) is 5.75. The van der Waals surface area contributed by atoms with Crippen LogP contribution in [0.2, 0.25) is 0 Å². The lowest BCUT2D eigenvalue weighted by molar-refractivity contribution is 0.0941. The van der Waals surface area contributed by atoms with Gasteiger partial charge in [-0.2, -0.15) is 11.3 Å². The van der Waals surface area contributed by atoms with Gasteiger partial charge in [-0.1, -0.05) is 25.7 Å². The molecule has 3 N–H and O–H groups in total. The Morgan fingerprint density at radius 3 is 2.65 bits per heavy atom. The summed E-state index contributed by atoms with van der Waals surface area (Å²) in [7, 11) is 0. The summed E-state index contributed by atoms with van der Waals surface area (Å²) >= 11 is 1.54.